The van der Waals surface area contributed by atoms with E-state index in [1.165, 1.54) is 44.9 Å². The molecule has 0 saturated heterocycles. The smallest absolute Gasteiger partial charge is 0.326 e. The van der Waals surface area contributed by atoms with Crippen molar-refractivity contribution in [2.45, 2.75) is 212 Å². The first-order valence-corrected chi connectivity index (χ1v) is 28.7. The van der Waals surface area contributed by atoms with E-state index in [0.717, 1.165) is 44.9 Å². The third-order valence-corrected chi connectivity index (χ3v) is 12.8. The van der Waals surface area contributed by atoms with Gasteiger partial charge in [0, 0.05) is 79.6 Å². The molecule has 80 heavy (non-hydrogen) atoms. The Kier molecular flexibility index (Phi) is 50.4. The van der Waals surface area contributed by atoms with Crippen LogP contribution in [-0.4, -0.2) is 169 Å². The molecule has 464 valence electrons. The highest BCUT2D eigenvalue weighted by molar-refractivity contribution is 5.87. The van der Waals surface area contributed by atoms with E-state index < -0.39 is 72.1 Å². The third kappa shape index (κ3) is 50.6. The molecule has 24 nitrogen and oxygen atoms in total. The monoisotopic (exact) mass is 1150 g/mol. The minimum absolute atomic E-state index is 0. The molecule has 0 rings (SSSR count). The summed E-state index contributed by atoms with van der Waals surface area (Å²) in [5.74, 6) is -8.91. The van der Waals surface area contributed by atoms with Crippen LogP contribution in [0.1, 0.15) is 201 Å². The molecule has 4 amide bonds. The van der Waals surface area contributed by atoms with Crippen LogP contribution in [-0.2, 0) is 71.7 Å². The van der Waals surface area contributed by atoms with Crippen molar-refractivity contribution in [1.82, 2.24) is 21.3 Å². The number of Topliss-reactive ketones (excluding diaryl/α,β-unsaturated/α-hetero) is 2. The summed E-state index contributed by atoms with van der Waals surface area (Å²) in [4.78, 5) is 127. The van der Waals surface area contributed by atoms with Crippen molar-refractivity contribution in [3.05, 3.63) is 0 Å². The molecule has 0 aliphatic heterocycles. The van der Waals surface area contributed by atoms with Crippen molar-refractivity contribution in [2.24, 2.45) is 11.8 Å². The molecule has 0 fully saturated rings. The topological polar surface area (TPSA) is 374 Å². The lowest BCUT2D eigenvalue weighted by Gasteiger charge is -2.15. The maximum absolute atomic E-state index is 12.4. The number of methoxy groups -OCH3 is 1. The number of carbonyl (C=O) groups is 11. The average Bonchev–Trinajstić information content (AvgIpc) is 3.40. The van der Waals surface area contributed by atoms with Gasteiger partial charge in [0.15, 0.2) is 0 Å². The van der Waals surface area contributed by atoms with Crippen LogP contribution in [0, 0.1) is 11.8 Å². The molecule has 0 aromatic heterocycles. The lowest BCUT2D eigenvalue weighted by Crippen LogP contribution is -2.43. The fourth-order valence-corrected chi connectivity index (χ4v) is 7.83. The molecule has 0 saturated carbocycles. The number of rotatable bonds is 55. The number of unbranched alkanes of at least 4 members (excludes halogenated alkanes) is 14. The zero-order valence-electron chi connectivity index (χ0n) is 48.0. The minimum atomic E-state index is -1.38. The second-order valence-electron chi connectivity index (χ2n) is 19.9. The first-order chi connectivity index (χ1) is 38.2. The number of hydrogen-bond acceptors (Lipinski definition) is 15. The number of ketones is 2. The van der Waals surface area contributed by atoms with Gasteiger partial charge in [-0.15, -0.1) is 0 Å². The number of hydrogen-bond donors (Lipinski definition) is 9. The number of amides is 4. The molecular weight excluding hydrogens is 1050 g/mol. The number of carbonyl (C=O) groups excluding carboxylic acids is 6. The van der Waals surface area contributed by atoms with Gasteiger partial charge in [-0.25, -0.2) is 9.59 Å². The van der Waals surface area contributed by atoms with Crippen LogP contribution < -0.4 is 21.3 Å². The normalized spacial score (nSPS) is 12.4. The van der Waals surface area contributed by atoms with Crippen LogP contribution in [0.2, 0.25) is 0 Å². The molecule has 9 N–H and O–H groups in total. The van der Waals surface area contributed by atoms with Gasteiger partial charge in [0.1, 0.15) is 30.3 Å². The SMILES string of the molecule is CCC(=O)NCCOCCOCC(=O)N[C@@H](CCC(=O)C[C@@H](CCC(=O)NCCCC[C@H](C)C(=O)O)C(=O)O)C(=O)O.COCCOCCCC(=O)CC[C@H](NC(=O)CCCCCCCCCCCCCCCCC(=O)O)C(=O)O.[HH]. The lowest BCUT2D eigenvalue weighted by molar-refractivity contribution is -0.145. The van der Waals surface area contributed by atoms with Gasteiger partial charge < -0.3 is 65.7 Å². The zero-order valence-corrected chi connectivity index (χ0v) is 48.0. The van der Waals surface area contributed by atoms with Gasteiger partial charge in [0.2, 0.25) is 23.6 Å². The number of ether oxygens (including phenoxy) is 4. The van der Waals surface area contributed by atoms with Crippen LogP contribution in [0.3, 0.4) is 0 Å². The summed E-state index contributed by atoms with van der Waals surface area (Å²) in [6, 6.07) is -2.41. The molecule has 0 radical (unpaired) electrons. The Morgan fingerprint density at radius 1 is 0.412 bits per heavy atom. The summed E-state index contributed by atoms with van der Waals surface area (Å²) in [5.41, 5.74) is 0. The van der Waals surface area contributed by atoms with Crippen molar-refractivity contribution >= 4 is 65.0 Å². The van der Waals surface area contributed by atoms with Crippen molar-refractivity contribution in [3.63, 3.8) is 0 Å². The van der Waals surface area contributed by atoms with Gasteiger partial charge in [0.25, 0.3) is 0 Å². The molecular formula is C56H100N4O20. The van der Waals surface area contributed by atoms with Crippen molar-refractivity contribution in [2.75, 3.05) is 66.4 Å². The van der Waals surface area contributed by atoms with Gasteiger partial charge in [-0.1, -0.05) is 97.3 Å². The van der Waals surface area contributed by atoms with E-state index in [1.807, 2.05) is 0 Å². The summed E-state index contributed by atoms with van der Waals surface area (Å²) in [5, 5.41) is 55.7. The van der Waals surface area contributed by atoms with Crippen LogP contribution >= 0.6 is 0 Å². The van der Waals surface area contributed by atoms with Crippen LogP contribution in [0.15, 0.2) is 0 Å². The Morgan fingerprint density at radius 2 is 0.912 bits per heavy atom. The summed E-state index contributed by atoms with van der Waals surface area (Å²) in [6.45, 7) is 5.51. The molecule has 0 bridgehead atoms. The molecule has 24 heteroatoms. The van der Waals surface area contributed by atoms with Crippen molar-refractivity contribution in [1.29, 1.82) is 0 Å². The Morgan fingerprint density at radius 3 is 1.44 bits per heavy atom. The van der Waals surface area contributed by atoms with Gasteiger partial charge >= 0.3 is 29.8 Å². The van der Waals surface area contributed by atoms with E-state index >= 15 is 0 Å². The lowest BCUT2D eigenvalue weighted by atomic mass is 9.94. The Hall–Kier alpha value is -5.59. The highest BCUT2D eigenvalue weighted by atomic mass is 16.5. The number of aliphatic carboxylic acids is 5. The first-order valence-electron chi connectivity index (χ1n) is 28.7. The fourth-order valence-electron chi connectivity index (χ4n) is 7.83. The number of carboxylic acids is 5. The van der Waals surface area contributed by atoms with E-state index in [-0.39, 0.29) is 96.1 Å². The standard InChI is InChI=1S/C29H53NO8.C27H45N3O12.H2/c1-37-23-24-38-22-16-17-25(31)20-21-26(29(35)36)30-27(32)18-14-12-10-8-6-4-2-3-5-7-9-11-13-15-19-28(33)34;1-3-22(32)29-12-13-41-14-15-42-17-24(34)30-21(27(39)40)9-8-20(31)16-19(26(37)38)7-10-23(33)28-11-5-4-6-18(2)25(35)36;/h26H,2-24H2,1H3,(H,30,32)(H,33,34)(H,35,36);18-19,21H,3-17H2,1-2H3,(H,28,33)(H,29,32)(H,30,34)(H,35,36)(H,37,38)(H,39,40);1H/t26-;18-,19+,21-;/m00./s1. The quantitative estimate of drug-likeness (QED) is 0.0303. The number of nitrogens with one attached hydrogen (secondary N) is 4. The van der Waals surface area contributed by atoms with E-state index in [9.17, 15) is 68.1 Å². The van der Waals surface area contributed by atoms with Crippen LogP contribution in [0.4, 0.5) is 0 Å². The molecule has 0 aromatic rings. The zero-order chi connectivity index (χ0) is 60.2. The Labute approximate surface area is 474 Å². The summed E-state index contributed by atoms with van der Waals surface area (Å²) in [7, 11) is 1.59. The highest BCUT2D eigenvalue weighted by Gasteiger charge is 2.26. The maximum atomic E-state index is 12.4. The predicted molar refractivity (Wildman–Crippen MR) is 297 cm³/mol. The maximum Gasteiger partial charge on any atom is 0.326 e. The van der Waals surface area contributed by atoms with E-state index in [2.05, 4.69) is 21.3 Å². The molecule has 0 spiro atoms. The summed E-state index contributed by atoms with van der Waals surface area (Å²) >= 11 is 0. The van der Waals surface area contributed by atoms with Gasteiger partial charge in [-0.05, 0) is 51.4 Å². The third-order valence-electron chi connectivity index (χ3n) is 12.8. The molecule has 0 unspecified atom stereocenters. The summed E-state index contributed by atoms with van der Waals surface area (Å²) < 4.78 is 20.5. The van der Waals surface area contributed by atoms with Crippen molar-refractivity contribution in [3.8, 4) is 0 Å². The van der Waals surface area contributed by atoms with Gasteiger partial charge in [-0.2, -0.15) is 0 Å². The number of carboxylic acid groups (broad SMARTS) is 5. The molecule has 0 aliphatic carbocycles. The molecule has 4 atom stereocenters. The second kappa shape index (κ2) is 52.8. The minimum Gasteiger partial charge on any atom is -0.481 e. The molecule has 0 heterocycles. The Bertz CT molecular complexity index is 1770. The molecule has 0 aromatic carbocycles. The van der Waals surface area contributed by atoms with Gasteiger partial charge in [0.05, 0.1) is 44.9 Å². The highest BCUT2D eigenvalue weighted by Crippen LogP contribution is 2.17. The fraction of sp³-hybridized carbons (Fsp3) is 0.804. The summed E-state index contributed by atoms with van der Waals surface area (Å²) in [6.07, 6.45) is 18.2. The molecule has 0 aliphatic rings. The largest absolute Gasteiger partial charge is 0.481 e. The average molecular weight is 1150 g/mol. The van der Waals surface area contributed by atoms with Gasteiger partial charge in [-0.3, -0.25) is 43.2 Å². The first kappa shape index (κ1) is 76.5. The van der Waals surface area contributed by atoms with E-state index in [0.29, 0.717) is 77.9 Å². The second-order valence-corrected chi connectivity index (χ2v) is 19.9. The van der Waals surface area contributed by atoms with Crippen LogP contribution in [0.25, 0.3) is 0 Å². The van der Waals surface area contributed by atoms with Crippen molar-refractivity contribution < 1.29 is 98.6 Å². The van der Waals surface area contributed by atoms with E-state index in [4.69, 9.17) is 29.2 Å². The van der Waals surface area contributed by atoms with Crippen LogP contribution in [0.5, 0.6) is 0 Å². The Balaban J connectivity index is -0.00000149. The van der Waals surface area contributed by atoms with E-state index in [1.54, 1.807) is 21.0 Å². The predicted octanol–water partition coefficient (Wildman–Crippen LogP) is 6.26.